The maximum Gasteiger partial charge on any atom is 0.311 e. The maximum absolute atomic E-state index is 11.2. The molecule has 0 spiro atoms. The number of nitrogens with one attached hydrogen (secondary N) is 1. The predicted octanol–water partition coefficient (Wildman–Crippen LogP) is 1.90. The summed E-state index contributed by atoms with van der Waals surface area (Å²) >= 11 is 1.46. The van der Waals surface area contributed by atoms with E-state index in [1.165, 1.54) is 18.4 Å². The predicted molar refractivity (Wildman–Crippen MR) is 73.7 cm³/mol. The maximum atomic E-state index is 11.2. The molecular weight excluding hydrogens is 264 g/mol. The van der Waals surface area contributed by atoms with Crippen LogP contribution in [0.25, 0.3) is 0 Å². The first-order valence-corrected chi connectivity index (χ1v) is 6.81. The Morgan fingerprint density at radius 2 is 2.37 bits per heavy atom. The Hall–Kier alpha value is -1.89. The molecule has 0 fully saturated rings. The third-order valence-corrected chi connectivity index (χ3v) is 3.39. The summed E-state index contributed by atoms with van der Waals surface area (Å²) in [6.07, 6.45) is 2.96. The Balaban J connectivity index is 2.09. The number of anilines is 2. The van der Waals surface area contributed by atoms with Crippen LogP contribution in [0, 0.1) is 0 Å². The van der Waals surface area contributed by atoms with Gasteiger partial charge in [0.25, 0.3) is 0 Å². The lowest BCUT2D eigenvalue weighted by molar-refractivity contribution is -0.139. The number of ether oxygens (including phenoxy) is 1. The molecular formula is C12H16N4O2S. The lowest BCUT2D eigenvalue weighted by Gasteiger charge is -2.00. The van der Waals surface area contributed by atoms with Crippen LogP contribution in [0.1, 0.15) is 18.3 Å². The molecule has 0 aliphatic heterocycles. The third kappa shape index (κ3) is 3.31. The van der Waals surface area contributed by atoms with Crippen molar-refractivity contribution in [1.82, 2.24) is 14.8 Å². The van der Waals surface area contributed by atoms with Gasteiger partial charge in [0, 0.05) is 18.6 Å². The van der Waals surface area contributed by atoms with Crippen LogP contribution in [0.5, 0.6) is 0 Å². The van der Waals surface area contributed by atoms with E-state index < -0.39 is 0 Å². The number of carbonyl (C=O) groups excluding carboxylic acids is 1. The molecule has 0 saturated carbocycles. The van der Waals surface area contributed by atoms with E-state index in [9.17, 15) is 4.79 Å². The van der Waals surface area contributed by atoms with Crippen LogP contribution in [0.15, 0.2) is 11.6 Å². The average Bonchev–Trinajstić information content (AvgIpc) is 2.96. The number of esters is 1. The summed E-state index contributed by atoms with van der Waals surface area (Å²) in [5.74, 6) is -0.285. The van der Waals surface area contributed by atoms with Crippen molar-refractivity contribution < 1.29 is 9.53 Å². The van der Waals surface area contributed by atoms with Crippen LogP contribution in [0.3, 0.4) is 0 Å². The molecule has 2 rings (SSSR count). The van der Waals surface area contributed by atoms with Gasteiger partial charge in [-0.1, -0.05) is 6.92 Å². The summed E-state index contributed by atoms with van der Waals surface area (Å²) in [7, 11) is 3.26. The Morgan fingerprint density at radius 3 is 3.05 bits per heavy atom. The Kier molecular flexibility index (Phi) is 4.16. The largest absolute Gasteiger partial charge is 0.469 e. The smallest absolute Gasteiger partial charge is 0.311 e. The van der Waals surface area contributed by atoms with Crippen molar-refractivity contribution in [3.8, 4) is 0 Å². The zero-order valence-corrected chi connectivity index (χ0v) is 12.0. The van der Waals surface area contributed by atoms with Crippen molar-refractivity contribution >= 4 is 28.1 Å². The molecule has 0 atom stereocenters. The molecule has 2 heterocycles. The highest BCUT2D eigenvalue weighted by Crippen LogP contribution is 2.23. The molecule has 0 radical (unpaired) electrons. The summed E-state index contributed by atoms with van der Waals surface area (Å²) in [4.78, 5) is 15.5. The summed E-state index contributed by atoms with van der Waals surface area (Å²) in [6, 6.07) is 0. The molecule has 2 aromatic rings. The number of hydrogen-bond acceptors (Lipinski definition) is 6. The molecule has 0 aromatic carbocycles. The highest BCUT2D eigenvalue weighted by Gasteiger charge is 2.10. The quantitative estimate of drug-likeness (QED) is 0.847. The van der Waals surface area contributed by atoms with Gasteiger partial charge in [-0.3, -0.25) is 9.48 Å². The van der Waals surface area contributed by atoms with Crippen molar-refractivity contribution in [1.29, 1.82) is 0 Å². The number of hydrogen-bond donors (Lipinski definition) is 1. The van der Waals surface area contributed by atoms with E-state index in [2.05, 4.69) is 27.1 Å². The van der Waals surface area contributed by atoms with Crippen LogP contribution in [0.2, 0.25) is 0 Å². The molecule has 0 saturated heterocycles. The fourth-order valence-corrected chi connectivity index (χ4v) is 2.40. The van der Waals surface area contributed by atoms with Crippen LogP contribution >= 0.6 is 11.3 Å². The first kappa shape index (κ1) is 13.5. The first-order chi connectivity index (χ1) is 9.12. The van der Waals surface area contributed by atoms with Crippen LogP contribution in [-0.4, -0.2) is 27.8 Å². The molecule has 19 heavy (non-hydrogen) atoms. The zero-order chi connectivity index (χ0) is 13.8. The van der Waals surface area contributed by atoms with E-state index >= 15 is 0 Å². The third-order valence-electron chi connectivity index (χ3n) is 2.59. The summed E-state index contributed by atoms with van der Waals surface area (Å²) < 4.78 is 6.38. The van der Waals surface area contributed by atoms with Gasteiger partial charge in [-0.2, -0.15) is 5.10 Å². The van der Waals surface area contributed by atoms with E-state index in [1.807, 2.05) is 18.6 Å². The molecule has 6 nitrogen and oxygen atoms in total. The van der Waals surface area contributed by atoms with Gasteiger partial charge < -0.3 is 10.1 Å². The standard InChI is InChI=1S/C12H16N4O2S/c1-4-9-10(6-16(2)15-9)14-12-13-8(7-19-12)5-11(17)18-3/h6-7H,4-5H2,1-3H3,(H,13,14). The molecule has 2 aromatic heterocycles. The second kappa shape index (κ2) is 5.83. The number of methoxy groups -OCH3 is 1. The highest BCUT2D eigenvalue weighted by molar-refractivity contribution is 7.13. The second-order valence-corrected chi connectivity index (χ2v) is 4.90. The number of carbonyl (C=O) groups is 1. The highest BCUT2D eigenvalue weighted by atomic mass is 32.1. The van der Waals surface area contributed by atoms with Crippen LogP contribution in [-0.2, 0) is 29.4 Å². The summed E-state index contributed by atoms with van der Waals surface area (Å²) in [5, 5.41) is 10.2. The Bertz CT molecular complexity index is 576. The normalized spacial score (nSPS) is 10.5. The SMILES string of the molecule is CCc1nn(C)cc1Nc1nc(CC(=O)OC)cs1. The number of thiazole rings is 1. The summed E-state index contributed by atoms with van der Waals surface area (Å²) in [5.41, 5.74) is 2.65. The minimum Gasteiger partial charge on any atom is -0.469 e. The molecule has 7 heteroatoms. The second-order valence-electron chi connectivity index (χ2n) is 4.04. The minimum atomic E-state index is -0.285. The van der Waals surface area contributed by atoms with E-state index in [1.54, 1.807) is 4.68 Å². The first-order valence-electron chi connectivity index (χ1n) is 5.93. The average molecular weight is 280 g/mol. The van der Waals surface area contributed by atoms with Gasteiger partial charge in [-0.05, 0) is 6.42 Å². The summed E-state index contributed by atoms with van der Waals surface area (Å²) in [6.45, 7) is 2.05. The number of nitrogens with zero attached hydrogens (tertiary/aromatic N) is 3. The van der Waals surface area contributed by atoms with Crippen molar-refractivity contribution in [2.45, 2.75) is 19.8 Å². The van der Waals surface area contributed by atoms with Gasteiger partial charge >= 0.3 is 5.97 Å². The van der Waals surface area contributed by atoms with Gasteiger partial charge in [0.1, 0.15) is 0 Å². The topological polar surface area (TPSA) is 69.0 Å². The molecule has 0 bridgehead atoms. The van der Waals surface area contributed by atoms with Crippen LogP contribution in [0.4, 0.5) is 10.8 Å². The number of rotatable bonds is 5. The van der Waals surface area contributed by atoms with Gasteiger partial charge in [-0.25, -0.2) is 4.98 Å². The Morgan fingerprint density at radius 1 is 1.58 bits per heavy atom. The van der Waals surface area contributed by atoms with E-state index in [-0.39, 0.29) is 12.4 Å². The van der Waals surface area contributed by atoms with Gasteiger partial charge in [0.05, 0.1) is 30.6 Å². The molecule has 0 aliphatic carbocycles. The lowest BCUT2D eigenvalue weighted by atomic mass is 10.3. The molecule has 0 aliphatic rings. The van der Waals surface area contributed by atoms with Crippen molar-refractivity contribution in [3.63, 3.8) is 0 Å². The van der Waals surface area contributed by atoms with Crippen molar-refractivity contribution in [2.24, 2.45) is 7.05 Å². The fraction of sp³-hybridized carbons (Fsp3) is 0.417. The molecule has 0 unspecified atom stereocenters. The molecule has 102 valence electrons. The Labute approximate surface area is 115 Å². The van der Waals surface area contributed by atoms with E-state index in [4.69, 9.17) is 0 Å². The minimum absolute atomic E-state index is 0.197. The van der Waals surface area contributed by atoms with Crippen molar-refractivity contribution in [3.05, 3.63) is 23.0 Å². The lowest BCUT2D eigenvalue weighted by Crippen LogP contribution is -2.04. The van der Waals surface area contributed by atoms with E-state index in [0.29, 0.717) is 5.69 Å². The van der Waals surface area contributed by atoms with Gasteiger partial charge in [0.15, 0.2) is 5.13 Å². The zero-order valence-electron chi connectivity index (χ0n) is 11.1. The molecule has 1 N–H and O–H groups in total. The number of aryl methyl sites for hydroxylation is 2. The number of aromatic nitrogens is 3. The van der Waals surface area contributed by atoms with Gasteiger partial charge in [-0.15, -0.1) is 11.3 Å². The van der Waals surface area contributed by atoms with Crippen molar-refractivity contribution in [2.75, 3.05) is 12.4 Å². The van der Waals surface area contributed by atoms with Gasteiger partial charge in [0.2, 0.25) is 0 Å². The van der Waals surface area contributed by atoms with E-state index in [0.717, 1.165) is 22.9 Å². The molecule has 0 amide bonds. The van der Waals surface area contributed by atoms with Crippen LogP contribution < -0.4 is 5.32 Å². The monoisotopic (exact) mass is 280 g/mol. The fourth-order valence-electron chi connectivity index (χ4n) is 1.68.